The molecule has 0 radical (unpaired) electrons. The normalized spacial score (nSPS) is 10.8. The van der Waals surface area contributed by atoms with Crippen molar-refractivity contribution in [2.24, 2.45) is 0 Å². The Hall–Kier alpha value is -2.27. The molecule has 118 valence electrons. The maximum absolute atomic E-state index is 11.8. The van der Waals surface area contributed by atoms with Gasteiger partial charge in [-0.25, -0.2) is 4.98 Å². The molecule has 0 aliphatic carbocycles. The summed E-state index contributed by atoms with van der Waals surface area (Å²) >= 11 is 1.56. The number of aromatic nitrogens is 2. The molecule has 4 nitrogen and oxygen atoms in total. The van der Waals surface area contributed by atoms with Gasteiger partial charge in [0.25, 0.3) is 0 Å². The van der Waals surface area contributed by atoms with E-state index in [0.29, 0.717) is 12.3 Å². The monoisotopic (exact) mass is 325 g/mol. The number of nitrogens with one attached hydrogen (secondary N) is 2. The van der Waals surface area contributed by atoms with Crippen molar-refractivity contribution in [3.8, 4) is 0 Å². The van der Waals surface area contributed by atoms with Gasteiger partial charge in [0.05, 0.1) is 16.8 Å². The number of amides is 1. The van der Waals surface area contributed by atoms with Crippen molar-refractivity contribution in [2.75, 3.05) is 12.3 Å². The summed E-state index contributed by atoms with van der Waals surface area (Å²) in [4.78, 5) is 20.8. The fourth-order valence-electron chi connectivity index (χ4n) is 2.32. The van der Waals surface area contributed by atoms with E-state index in [1.54, 1.807) is 11.8 Å². The van der Waals surface area contributed by atoms with Gasteiger partial charge in [0, 0.05) is 17.9 Å². The zero-order valence-corrected chi connectivity index (χ0v) is 13.6. The molecule has 0 atom stereocenters. The molecular weight excluding hydrogens is 306 g/mol. The van der Waals surface area contributed by atoms with E-state index in [0.717, 1.165) is 34.6 Å². The molecule has 5 heteroatoms. The Morgan fingerprint density at radius 2 is 1.87 bits per heavy atom. The first-order valence-corrected chi connectivity index (χ1v) is 8.68. The maximum atomic E-state index is 11.8. The third-order valence-corrected chi connectivity index (χ3v) is 4.48. The molecule has 0 unspecified atom stereocenters. The van der Waals surface area contributed by atoms with E-state index in [9.17, 15) is 4.79 Å². The van der Waals surface area contributed by atoms with Crippen LogP contribution in [0.5, 0.6) is 0 Å². The van der Waals surface area contributed by atoms with Crippen molar-refractivity contribution in [1.82, 2.24) is 15.3 Å². The van der Waals surface area contributed by atoms with Crippen LogP contribution < -0.4 is 5.32 Å². The minimum atomic E-state index is 0.0726. The second-order valence-electron chi connectivity index (χ2n) is 5.26. The lowest BCUT2D eigenvalue weighted by molar-refractivity contribution is -0.118. The fourth-order valence-corrected chi connectivity index (χ4v) is 3.07. The largest absolute Gasteiger partial charge is 0.355 e. The van der Waals surface area contributed by atoms with Crippen LogP contribution in [0.15, 0.2) is 59.5 Å². The van der Waals surface area contributed by atoms with Crippen LogP contribution in [0.4, 0.5) is 0 Å². The number of imidazole rings is 1. The molecule has 0 fully saturated rings. The third kappa shape index (κ3) is 4.60. The van der Waals surface area contributed by atoms with Crippen LogP contribution >= 0.6 is 11.8 Å². The summed E-state index contributed by atoms with van der Waals surface area (Å²) < 4.78 is 0. The zero-order chi connectivity index (χ0) is 15.9. The van der Waals surface area contributed by atoms with E-state index in [2.05, 4.69) is 15.3 Å². The molecule has 0 saturated heterocycles. The summed E-state index contributed by atoms with van der Waals surface area (Å²) in [7, 11) is 0. The lowest BCUT2D eigenvalue weighted by Gasteiger charge is -2.04. The second kappa shape index (κ2) is 7.83. The van der Waals surface area contributed by atoms with Gasteiger partial charge in [0.2, 0.25) is 5.91 Å². The standard InChI is InChI=1S/C18H19N3OS/c22-18(13-23-14-7-2-1-3-8-14)19-12-6-11-17-20-15-9-4-5-10-16(15)21-17/h1-5,7-10H,6,11-13H2,(H,19,22)(H,20,21). The van der Waals surface area contributed by atoms with E-state index in [4.69, 9.17) is 0 Å². The molecule has 0 aliphatic rings. The van der Waals surface area contributed by atoms with Gasteiger partial charge in [-0.1, -0.05) is 30.3 Å². The van der Waals surface area contributed by atoms with Gasteiger partial charge in [-0.2, -0.15) is 0 Å². The van der Waals surface area contributed by atoms with Crippen molar-refractivity contribution in [3.05, 3.63) is 60.4 Å². The van der Waals surface area contributed by atoms with Crippen LogP contribution in [0.25, 0.3) is 11.0 Å². The average Bonchev–Trinajstić information content (AvgIpc) is 3.00. The van der Waals surface area contributed by atoms with E-state index >= 15 is 0 Å². The van der Waals surface area contributed by atoms with Gasteiger partial charge in [0.1, 0.15) is 5.82 Å². The second-order valence-corrected chi connectivity index (χ2v) is 6.30. The molecular formula is C18H19N3OS. The number of H-pyrrole nitrogens is 1. The Labute approximate surface area is 139 Å². The smallest absolute Gasteiger partial charge is 0.230 e. The van der Waals surface area contributed by atoms with E-state index in [1.807, 2.05) is 54.6 Å². The van der Waals surface area contributed by atoms with Gasteiger partial charge in [-0.3, -0.25) is 4.79 Å². The quantitative estimate of drug-likeness (QED) is 0.517. The molecule has 0 bridgehead atoms. The maximum Gasteiger partial charge on any atom is 0.230 e. The highest BCUT2D eigenvalue weighted by Crippen LogP contribution is 2.16. The molecule has 3 rings (SSSR count). The summed E-state index contributed by atoms with van der Waals surface area (Å²) in [5.41, 5.74) is 2.05. The SMILES string of the molecule is O=C(CSc1ccccc1)NCCCc1nc2ccccc2[nH]1. The number of rotatable bonds is 7. The van der Waals surface area contributed by atoms with Crippen LogP contribution in [-0.2, 0) is 11.2 Å². The van der Waals surface area contributed by atoms with Crippen LogP contribution in [0, 0.1) is 0 Å². The Morgan fingerprint density at radius 3 is 2.70 bits per heavy atom. The first-order chi connectivity index (χ1) is 11.3. The number of hydrogen-bond donors (Lipinski definition) is 2. The summed E-state index contributed by atoms with van der Waals surface area (Å²) in [5.74, 6) is 1.50. The highest BCUT2D eigenvalue weighted by atomic mass is 32.2. The van der Waals surface area contributed by atoms with E-state index < -0.39 is 0 Å². The molecule has 0 aliphatic heterocycles. The molecule has 1 amide bonds. The summed E-state index contributed by atoms with van der Waals surface area (Å²) in [6.07, 6.45) is 1.71. The molecule has 2 aromatic carbocycles. The molecule has 3 aromatic rings. The summed E-state index contributed by atoms with van der Waals surface area (Å²) in [6, 6.07) is 18.0. The predicted octanol–water partition coefficient (Wildman–Crippen LogP) is 3.40. The van der Waals surface area contributed by atoms with Crippen molar-refractivity contribution < 1.29 is 4.79 Å². The van der Waals surface area contributed by atoms with Crippen molar-refractivity contribution in [1.29, 1.82) is 0 Å². The van der Waals surface area contributed by atoms with E-state index in [-0.39, 0.29) is 5.91 Å². The molecule has 0 saturated carbocycles. The number of benzene rings is 2. The van der Waals surface area contributed by atoms with Crippen molar-refractivity contribution in [2.45, 2.75) is 17.7 Å². The fraction of sp³-hybridized carbons (Fsp3) is 0.222. The number of aromatic amines is 1. The molecule has 0 spiro atoms. The van der Waals surface area contributed by atoms with Gasteiger partial charge < -0.3 is 10.3 Å². The van der Waals surface area contributed by atoms with Gasteiger partial charge in [-0.15, -0.1) is 11.8 Å². The number of carbonyl (C=O) groups is 1. The lowest BCUT2D eigenvalue weighted by Crippen LogP contribution is -2.26. The number of carbonyl (C=O) groups excluding carboxylic acids is 1. The highest BCUT2D eigenvalue weighted by molar-refractivity contribution is 8.00. The average molecular weight is 325 g/mol. The number of aryl methyl sites for hydroxylation is 1. The number of para-hydroxylation sites is 2. The Balaban J connectivity index is 1.37. The van der Waals surface area contributed by atoms with Crippen molar-refractivity contribution in [3.63, 3.8) is 0 Å². The van der Waals surface area contributed by atoms with E-state index in [1.165, 1.54) is 0 Å². The van der Waals surface area contributed by atoms with Gasteiger partial charge >= 0.3 is 0 Å². The lowest BCUT2D eigenvalue weighted by atomic mass is 10.3. The molecule has 1 aromatic heterocycles. The molecule has 23 heavy (non-hydrogen) atoms. The van der Waals surface area contributed by atoms with Crippen LogP contribution in [-0.4, -0.2) is 28.2 Å². The third-order valence-electron chi connectivity index (χ3n) is 3.46. The first kappa shape index (κ1) is 15.6. The molecule has 1 heterocycles. The Kier molecular flexibility index (Phi) is 5.32. The first-order valence-electron chi connectivity index (χ1n) is 7.69. The van der Waals surface area contributed by atoms with Gasteiger partial charge in [-0.05, 0) is 30.7 Å². The minimum Gasteiger partial charge on any atom is -0.355 e. The number of thioether (sulfide) groups is 1. The Bertz CT molecular complexity index is 737. The minimum absolute atomic E-state index is 0.0726. The Morgan fingerprint density at radius 1 is 1.09 bits per heavy atom. The highest BCUT2D eigenvalue weighted by Gasteiger charge is 2.04. The number of nitrogens with zero attached hydrogens (tertiary/aromatic N) is 1. The number of fused-ring (bicyclic) bond motifs is 1. The van der Waals surface area contributed by atoms with Crippen LogP contribution in [0.2, 0.25) is 0 Å². The van der Waals surface area contributed by atoms with Crippen LogP contribution in [0.3, 0.4) is 0 Å². The van der Waals surface area contributed by atoms with Gasteiger partial charge in [0.15, 0.2) is 0 Å². The topological polar surface area (TPSA) is 57.8 Å². The van der Waals surface area contributed by atoms with Crippen LogP contribution in [0.1, 0.15) is 12.2 Å². The molecule has 2 N–H and O–H groups in total. The van der Waals surface area contributed by atoms with Crippen molar-refractivity contribution >= 4 is 28.7 Å². The zero-order valence-electron chi connectivity index (χ0n) is 12.8. The summed E-state index contributed by atoms with van der Waals surface area (Å²) in [5, 5.41) is 2.96. The summed E-state index contributed by atoms with van der Waals surface area (Å²) in [6.45, 7) is 0.672. The number of hydrogen-bond acceptors (Lipinski definition) is 3. The predicted molar refractivity (Wildman–Crippen MR) is 94.6 cm³/mol.